The van der Waals surface area contributed by atoms with E-state index in [1.807, 2.05) is 24.3 Å². The molecule has 1 aromatic rings. The van der Waals surface area contributed by atoms with Crippen LogP contribution < -0.4 is 0 Å². The number of fused-ring (bicyclic) bond motifs is 1. The van der Waals surface area contributed by atoms with Gasteiger partial charge in [0.25, 0.3) is 0 Å². The lowest BCUT2D eigenvalue weighted by Crippen LogP contribution is -2.27. The van der Waals surface area contributed by atoms with Crippen LogP contribution in [0.25, 0.3) is 0 Å². The first-order valence-electron chi connectivity index (χ1n) is 7.12. The fourth-order valence-electron chi connectivity index (χ4n) is 2.52. The molecule has 1 aliphatic rings. The normalized spacial score (nSPS) is 21.3. The van der Waals surface area contributed by atoms with Crippen LogP contribution in [0.15, 0.2) is 24.3 Å². The summed E-state index contributed by atoms with van der Waals surface area (Å²) in [6.07, 6.45) is 0.954. The van der Waals surface area contributed by atoms with Crippen molar-refractivity contribution in [2.24, 2.45) is 0 Å². The molecule has 2 rings (SSSR count). The zero-order valence-corrected chi connectivity index (χ0v) is 12.7. The first-order chi connectivity index (χ1) is 10.1. The Morgan fingerprint density at radius 2 is 1.76 bits per heavy atom. The Balaban J connectivity index is 1.72. The van der Waals surface area contributed by atoms with E-state index in [1.165, 1.54) is 0 Å². The number of esters is 1. The van der Waals surface area contributed by atoms with Crippen LogP contribution in [-0.4, -0.2) is 40.0 Å². The number of unbranched alkanes of at least 4 members (excludes halogenated alkanes) is 2. The van der Waals surface area contributed by atoms with Crippen LogP contribution in [0.5, 0.6) is 0 Å². The highest BCUT2D eigenvalue weighted by Crippen LogP contribution is 2.38. The Bertz CT molecular complexity index is 453. The highest BCUT2D eigenvalue weighted by Gasteiger charge is 2.35. The van der Waals surface area contributed by atoms with Gasteiger partial charge in [0.15, 0.2) is 0 Å². The molecule has 0 fully saturated rings. The van der Waals surface area contributed by atoms with Gasteiger partial charge in [-0.3, -0.25) is 4.79 Å². The summed E-state index contributed by atoms with van der Waals surface area (Å²) in [7, 11) is 0. The van der Waals surface area contributed by atoms with Crippen molar-refractivity contribution in [2.75, 3.05) is 18.9 Å². The second-order valence-corrected chi connectivity index (χ2v) is 5.37. The standard InChI is InChI=1S/C15H21NO4S/c17-13(10-21)20-9-5-1-4-8-16-14(18)11-6-2-3-7-12(11)15(16)19/h2-3,6-7,14-15,18-19,21H,1,4-5,8-10H2. The third-order valence-electron chi connectivity index (χ3n) is 3.63. The zero-order chi connectivity index (χ0) is 15.2. The maximum atomic E-state index is 10.9. The Morgan fingerprint density at radius 3 is 2.33 bits per heavy atom. The van der Waals surface area contributed by atoms with Crippen molar-refractivity contribution >= 4 is 18.6 Å². The van der Waals surface area contributed by atoms with Crippen molar-refractivity contribution in [3.63, 3.8) is 0 Å². The van der Waals surface area contributed by atoms with Gasteiger partial charge in [-0.25, -0.2) is 4.90 Å². The third-order valence-corrected chi connectivity index (χ3v) is 3.89. The minimum absolute atomic E-state index is 0.102. The number of hydrogen-bond donors (Lipinski definition) is 3. The number of hydrogen-bond acceptors (Lipinski definition) is 6. The summed E-state index contributed by atoms with van der Waals surface area (Å²) in [6.45, 7) is 0.988. The van der Waals surface area contributed by atoms with E-state index < -0.39 is 12.5 Å². The van der Waals surface area contributed by atoms with Crippen molar-refractivity contribution in [3.05, 3.63) is 35.4 Å². The number of aliphatic hydroxyl groups is 2. The van der Waals surface area contributed by atoms with Crippen LogP contribution in [0.1, 0.15) is 42.8 Å². The van der Waals surface area contributed by atoms with Crippen molar-refractivity contribution in [1.82, 2.24) is 4.90 Å². The molecule has 1 heterocycles. The Kier molecular flexibility index (Phi) is 6.05. The molecule has 0 aromatic heterocycles. The van der Waals surface area contributed by atoms with Gasteiger partial charge in [-0.15, -0.1) is 0 Å². The maximum Gasteiger partial charge on any atom is 0.315 e. The van der Waals surface area contributed by atoms with Crippen molar-refractivity contribution < 1.29 is 19.7 Å². The summed E-state index contributed by atoms with van der Waals surface area (Å²) in [4.78, 5) is 12.6. The Hall–Kier alpha value is -1.08. The molecule has 0 bridgehead atoms. The van der Waals surface area contributed by atoms with Crippen LogP contribution in [0.3, 0.4) is 0 Å². The molecule has 116 valence electrons. The molecule has 0 spiro atoms. The molecule has 6 heteroatoms. The molecule has 1 aromatic carbocycles. The highest BCUT2D eigenvalue weighted by atomic mass is 32.1. The van der Waals surface area contributed by atoms with Crippen LogP contribution >= 0.6 is 12.6 Å². The quantitative estimate of drug-likeness (QED) is 0.406. The van der Waals surface area contributed by atoms with E-state index >= 15 is 0 Å². The topological polar surface area (TPSA) is 70.0 Å². The van der Waals surface area contributed by atoms with E-state index in [4.69, 9.17) is 4.74 Å². The van der Waals surface area contributed by atoms with Crippen LogP contribution in [-0.2, 0) is 9.53 Å². The fraction of sp³-hybridized carbons (Fsp3) is 0.533. The second kappa shape index (κ2) is 7.79. The summed E-state index contributed by atoms with van der Waals surface area (Å²) in [6, 6.07) is 7.38. The van der Waals surface area contributed by atoms with Crippen LogP contribution in [0, 0.1) is 0 Å². The van der Waals surface area contributed by atoms with Gasteiger partial charge >= 0.3 is 5.97 Å². The number of aliphatic hydroxyl groups excluding tert-OH is 2. The molecule has 0 saturated heterocycles. The predicted molar refractivity (Wildman–Crippen MR) is 81.7 cm³/mol. The summed E-state index contributed by atoms with van der Waals surface area (Å²) >= 11 is 3.83. The molecule has 0 aliphatic carbocycles. The van der Waals surface area contributed by atoms with E-state index in [9.17, 15) is 15.0 Å². The van der Waals surface area contributed by atoms with Crippen molar-refractivity contribution in [3.8, 4) is 0 Å². The van der Waals surface area contributed by atoms with Gasteiger partial charge in [0.05, 0.1) is 12.4 Å². The number of nitrogens with zero attached hydrogens (tertiary/aromatic N) is 1. The molecule has 0 saturated carbocycles. The number of thiol groups is 1. The first-order valence-corrected chi connectivity index (χ1v) is 7.75. The Labute approximate surface area is 129 Å². The van der Waals surface area contributed by atoms with Crippen LogP contribution in [0.4, 0.5) is 0 Å². The SMILES string of the molecule is O=C(CS)OCCCCCN1C(O)c2ccccc2C1O. The van der Waals surface area contributed by atoms with Gasteiger partial charge in [-0.1, -0.05) is 24.3 Å². The molecule has 0 radical (unpaired) electrons. The Morgan fingerprint density at radius 1 is 1.14 bits per heavy atom. The summed E-state index contributed by atoms with van der Waals surface area (Å²) in [5.41, 5.74) is 1.54. The highest BCUT2D eigenvalue weighted by molar-refractivity contribution is 7.81. The molecular formula is C15H21NO4S. The molecule has 0 amide bonds. The molecule has 5 nitrogen and oxygen atoms in total. The fourth-order valence-corrected chi connectivity index (χ4v) is 2.61. The van der Waals surface area contributed by atoms with Gasteiger partial charge in [0.1, 0.15) is 12.5 Å². The summed E-state index contributed by atoms with van der Waals surface area (Å²) in [5.74, 6) is -0.205. The maximum absolute atomic E-state index is 10.9. The second-order valence-electron chi connectivity index (χ2n) is 5.05. The third kappa shape index (κ3) is 3.97. The lowest BCUT2D eigenvalue weighted by molar-refractivity contribution is -0.140. The molecule has 2 unspecified atom stereocenters. The lowest BCUT2D eigenvalue weighted by atomic mass is 10.1. The van der Waals surface area contributed by atoms with E-state index in [1.54, 1.807) is 4.90 Å². The van der Waals surface area contributed by atoms with Crippen molar-refractivity contribution in [1.29, 1.82) is 0 Å². The minimum Gasteiger partial charge on any atom is -0.465 e. The first kappa shape index (κ1) is 16.3. The largest absolute Gasteiger partial charge is 0.465 e. The van der Waals surface area contributed by atoms with E-state index in [-0.39, 0.29) is 11.7 Å². The van der Waals surface area contributed by atoms with Gasteiger partial charge < -0.3 is 14.9 Å². The van der Waals surface area contributed by atoms with Crippen LogP contribution in [0.2, 0.25) is 0 Å². The summed E-state index contributed by atoms with van der Waals surface area (Å²) in [5, 5.41) is 20.4. The van der Waals surface area contributed by atoms with Gasteiger partial charge in [0, 0.05) is 17.7 Å². The number of rotatable bonds is 7. The van der Waals surface area contributed by atoms with E-state index in [2.05, 4.69) is 12.6 Å². The van der Waals surface area contributed by atoms with Gasteiger partial charge in [-0.05, 0) is 19.3 Å². The summed E-state index contributed by atoms with van der Waals surface area (Å²) < 4.78 is 4.93. The molecule has 2 N–H and O–H groups in total. The van der Waals surface area contributed by atoms with E-state index in [0.29, 0.717) is 13.2 Å². The minimum atomic E-state index is -0.752. The van der Waals surface area contributed by atoms with Gasteiger partial charge in [0.2, 0.25) is 0 Å². The lowest BCUT2D eigenvalue weighted by Gasteiger charge is -2.23. The molecule has 21 heavy (non-hydrogen) atoms. The molecular weight excluding hydrogens is 290 g/mol. The zero-order valence-electron chi connectivity index (χ0n) is 11.8. The number of carbonyl (C=O) groups excluding carboxylic acids is 1. The monoisotopic (exact) mass is 311 g/mol. The van der Waals surface area contributed by atoms with Crippen molar-refractivity contribution in [2.45, 2.75) is 31.7 Å². The average Bonchev–Trinajstić information content (AvgIpc) is 2.75. The molecule has 1 aliphatic heterocycles. The molecule has 2 atom stereocenters. The number of benzene rings is 1. The number of carbonyl (C=O) groups is 1. The predicted octanol–water partition coefficient (Wildman–Crippen LogP) is 1.63. The van der Waals surface area contributed by atoms with Gasteiger partial charge in [-0.2, -0.15) is 12.6 Å². The average molecular weight is 311 g/mol. The smallest absolute Gasteiger partial charge is 0.315 e. The van der Waals surface area contributed by atoms with E-state index in [0.717, 1.165) is 30.4 Å². The number of ether oxygens (including phenoxy) is 1.